The third-order valence-corrected chi connectivity index (χ3v) is 5.64. The molecule has 1 N–H and O–H groups in total. The molecule has 7 heteroatoms. The smallest absolute Gasteiger partial charge is 0.252 e. The van der Waals surface area contributed by atoms with E-state index in [1.54, 1.807) is 23.7 Å². The molecule has 0 saturated heterocycles. The van der Waals surface area contributed by atoms with Crippen molar-refractivity contribution in [2.45, 2.75) is 33.2 Å². The van der Waals surface area contributed by atoms with Gasteiger partial charge in [-0.2, -0.15) is 5.10 Å². The van der Waals surface area contributed by atoms with E-state index in [1.807, 2.05) is 10.7 Å². The molecule has 148 valence electrons. The van der Waals surface area contributed by atoms with Crippen LogP contribution in [0, 0.1) is 6.92 Å². The van der Waals surface area contributed by atoms with Crippen LogP contribution in [0.4, 0.5) is 0 Å². The van der Waals surface area contributed by atoms with Gasteiger partial charge in [-0.25, -0.2) is 14.6 Å². The third kappa shape index (κ3) is 4.19. The van der Waals surface area contributed by atoms with E-state index in [9.17, 15) is 4.79 Å². The Morgan fingerprint density at radius 1 is 1.21 bits per heavy atom. The fourth-order valence-electron chi connectivity index (χ4n) is 3.10. The molecule has 1 amide bonds. The Labute approximate surface area is 173 Å². The summed E-state index contributed by atoms with van der Waals surface area (Å²) in [5.74, 6) is -0.134. The van der Waals surface area contributed by atoms with Gasteiger partial charge in [0.25, 0.3) is 5.91 Å². The van der Waals surface area contributed by atoms with Crippen molar-refractivity contribution in [1.29, 1.82) is 0 Å². The quantitative estimate of drug-likeness (QED) is 0.515. The summed E-state index contributed by atoms with van der Waals surface area (Å²) < 4.78 is 1.85. The molecule has 0 aliphatic heterocycles. The normalized spacial score (nSPS) is 11.3. The Kier molecular flexibility index (Phi) is 5.40. The summed E-state index contributed by atoms with van der Waals surface area (Å²) in [6.07, 6.45) is 4.05. The van der Waals surface area contributed by atoms with E-state index in [0.717, 1.165) is 27.3 Å². The molecule has 0 unspecified atom stereocenters. The zero-order valence-electron chi connectivity index (χ0n) is 16.7. The summed E-state index contributed by atoms with van der Waals surface area (Å²) in [6, 6.07) is 10.4. The highest BCUT2D eigenvalue weighted by Gasteiger charge is 2.12. The number of nitrogens with zero attached hydrogens (tertiary/aromatic N) is 4. The first-order valence-corrected chi connectivity index (χ1v) is 10.5. The monoisotopic (exact) mass is 405 g/mol. The van der Waals surface area contributed by atoms with Crippen LogP contribution in [0.1, 0.15) is 41.5 Å². The van der Waals surface area contributed by atoms with Crippen LogP contribution in [0.2, 0.25) is 0 Å². The average Bonchev–Trinajstić information content (AvgIpc) is 3.35. The molecule has 1 aromatic carbocycles. The van der Waals surface area contributed by atoms with Crippen molar-refractivity contribution in [3.63, 3.8) is 0 Å². The molecule has 0 saturated carbocycles. The highest BCUT2D eigenvalue weighted by molar-refractivity contribution is 7.13. The van der Waals surface area contributed by atoms with E-state index >= 15 is 0 Å². The number of aromatic nitrogens is 4. The van der Waals surface area contributed by atoms with Crippen molar-refractivity contribution in [2.24, 2.45) is 0 Å². The van der Waals surface area contributed by atoms with Crippen molar-refractivity contribution in [2.75, 3.05) is 6.54 Å². The van der Waals surface area contributed by atoms with Crippen LogP contribution in [0.3, 0.4) is 0 Å². The van der Waals surface area contributed by atoms with Crippen molar-refractivity contribution in [3.05, 3.63) is 64.9 Å². The van der Waals surface area contributed by atoms with Crippen LogP contribution in [0.15, 0.2) is 48.1 Å². The lowest BCUT2D eigenvalue weighted by atomic mass is 10.2. The fourth-order valence-corrected chi connectivity index (χ4v) is 3.96. The first kappa shape index (κ1) is 19.3. The van der Waals surface area contributed by atoms with Crippen LogP contribution < -0.4 is 5.32 Å². The molecule has 0 radical (unpaired) electrons. The summed E-state index contributed by atoms with van der Waals surface area (Å²) in [6.45, 7) is 6.71. The number of pyridine rings is 1. The maximum atomic E-state index is 12.5. The summed E-state index contributed by atoms with van der Waals surface area (Å²) in [5.41, 5.74) is 4.68. The number of fused-ring (bicyclic) bond motifs is 1. The lowest BCUT2D eigenvalue weighted by Gasteiger charge is -2.07. The van der Waals surface area contributed by atoms with Crippen LogP contribution in [0.5, 0.6) is 0 Å². The van der Waals surface area contributed by atoms with Crippen LogP contribution in [-0.4, -0.2) is 32.2 Å². The summed E-state index contributed by atoms with van der Waals surface area (Å²) in [5, 5.41) is 11.2. The molecule has 3 aromatic heterocycles. The number of thiazole rings is 1. The molecule has 0 atom stereocenters. The van der Waals surface area contributed by atoms with E-state index in [2.05, 4.69) is 70.8 Å². The molecule has 0 aliphatic rings. The molecule has 0 aliphatic carbocycles. The first-order valence-electron chi connectivity index (χ1n) is 9.64. The number of rotatable bonds is 6. The molecule has 4 rings (SSSR count). The van der Waals surface area contributed by atoms with E-state index in [0.29, 0.717) is 18.5 Å². The Bertz CT molecular complexity index is 1140. The van der Waals surface area contributed by atoms with Gasteiger partial charge in [0.2, 0.25) is 0 Å². The van der Waals surface area contributed by atoms with Gasteiger partial charge in [-0.3, -0.25) is 4.79 Å². The molecule has 0 spiro atoms. The minimum Gasteiger partial charge on any atom is -0.352 e. The van der Waals surface area contributed by atoms with Gasteiger partial charge in [-0.05, 0) is 26.8 Å². The number of amides is 1. The largest absolute Gasteiger partial charge is 0.352 e. The van der Waals surface area contributed by atoms with Gasteiger partial charge < -0.3 is 5.32 Å². The number of carbonyl (C=O) groups excluding carboxylic acids is 1. The SMILES string of the molecule is Cc1ccc(-c2nc(CCNC(=O)c3cnc4c(cnn4C(C)C)c3)cs2)cc1. The summed E-state index contributed by atoms with van der Waals surface area (Å²) in [4.78, 5) is 21.6. The Morgan fingerprint density at radius 3 is 2.76 bits per heavy atom. The van der Waals surface area contributed by atoms with Gasteiger partial charge in [0.15, 0.2) is 5.65 Å². The molecule has 3 heterocycles. The van der Waals surface area contributed by atoms with Gasteiger partial charge in [0.05, 0.1) is 17.5 Å². The lowest BCUT2D eigenvalue weighted by molar-refractivity contribution is 0.0954. The van der Waals surface area contributed by atoms with Crippen LogP contribution in [0.25, 0.3) is 21.6 Å². The number of nitrogens with one attached hydrogen (secondary N) is 1. The Morgan fingerprint density at radius 2 is 2.00 bits per heavy atom. The van der Waals surface area contributed by atoms with Gasteiger partial charge in [0.1, 0.15) is 5.01 Å². The minimum atomic E-state index is -0.134. The average molecular weight is 406 g/mol. The zero-order chi connectivity index (χ0) is 20.4. The van der Waals surface area contributed by atoms with Crippen molar-refractivity contribution < 1.29 is 4.79 Å². The molecule has 4 aromatic rings. The molecule has 6 nitrogen and oxygen atoms in total. The number of carbonyl (C=O) groups is 1. The Balaban J connectivity index is 1.36. The number of hydrogen-bond donors (Lipinski definition) is 1. The third-order valence-electron chi connectivity index (χ3n) is 4.70. The molecular formula is C22H23N5OS. The number of benzene rings is 1. The molecular weight excluding hydrogens is 382 g/mol. The Hall–Kier alpha value is -3.06. The summed E-state index contributed by atoms with van der Waals surface area (Å²) in [7, 11) is 0. The first-order chi connectivity index (χ1) is 14.0. The second-order valence-corrected chi connectivity index (χ2v) is 8.19. The van der Waals surface area contributed by atoms with Gasteiger partial charge in [0, 0.05) is 41.5 Å². The molecule has 0 bridgehead atoms. The maximum absolute atomic E-state index is 12.5. The standard InChI is InChI=1S/C22H23N5OS/c1-14(2)27-20-17(12-25-27)10-18(11-24-20)21(28)23-9-8-19-13-29-22(26-19)16-6-4-15(3)5-7-16/h4-7,10-14H,8-9H2,1-3H3,(H,23,28). The molecule has 0 fully saturated rings. The lowest BCUT2D eigenvalue weighted by Crippen LogP contribution is -2.25. The van der Waals surface area contributed by atoms with Gasteiger partial charge >= 0.3 is 0 Å². The maximum Gasteiger partial charge on any atom is 0.252 e. The van der Waals surface area contributed by atoms with Crippen molar-refractivity contribution in [1.82, 2.24) is 25.1 Å². The number of hydrogen-bond acceptors (Lipinski definition) is 5. The minimum absolute atomic E-state index is 0.134. The van der Waals surface area contributed by atoms with E-state index < -0.39 is 0 Å². The van der Waals surface area contributed by atoms with Gasteiger partial charge in [-0.15, -0.1) is 11.3 Å². The topological polar surface area (TPSA) is 72.7 Å². The highest BCUT2D eigenvalue weighted by atomic mass is 32.1. The zero-order valence-corrected chi connectivity index (χ0v) is 17.5. The van der Waals surface area contributed by atoms with Crippen LogP contribution >= 0.6 is 11.3 Å². The second-order valence-electron chi connectivity index (χ2n) is 7.34. The fraction of sp³-hybridized carbons (Fsp3) is 0.273. The van der Waals surface area contributed by atoms with E-state index in [-0.39, 0.29) is 11.9 Å². The van der Waals surface area contributed by atoms with Crippen molar-refractivity contribution >= 4 is 28.3 Å². The highest BCUT2D eigenvalue weighted by Crippen LogP contribution is 2.24. The summed E-state index contributed by atoms with van der Waals surface area (Å²) >= 11 is 1.63. The van der Waals surface area contributed by atoms with Crippen LogP contribution in [-0.2, 0) is 6.42 Å². The van der Waals surface area contributed by atoms with E-state index in [4.69, 9.17) is 0 Å². The number of aryl methyl sites for hydroxylation is 1. The van der Waals surface area contributed by atoms with E-state index in [1.165, 1.54) is 5.56 Å². The predicted octanol–water partition coefficient (Wildman–Crippen LogP) is 4.42. The predicted molar refractivity (Wildman–Crippen MR) is 116 cm³/mol. The second kappa shape index (κ2) is 8.13. The molecule has 29 heavy (non-hydrogen) atoms. The van der Waals surface area contributed by atoms with Gasteiger partial charge in [-0.1, -0.05) is 29.8 Å². The van der Waals surface area contributed by atoms with Crippen molar-refractivity contribution in [3.8, 4) is 10.6 Å².